The molecule has 0 aliphatic heterocycles. The van der Waals surface area contributed by atoms with Crippen LogP contribution < -0.4 is 10.1 Å². The third-order valence-corrected chi connectivity index (χ3v) is 4.45. The molecule has 0 fully saturated rings. The standard InChI is InChI=1S/C16H16BrNOS/c1-3-8-19-15-7-6-14(17)10-13(15)11-18-12(2)16-5-4-9-20-16/h1,4-7,9-10,12,18H,8,11H2,2H3/t12-/m1/s1. The molecule has 0 saturated heterocycles. The predicted octanol–water partition coefficient (Wildman–Crippen LogP) is 4.37. The van der Waals surface area contributed by atoms with E-state index in [0.29, 0.717) is 6.04 Å². The van der Waals surface area contributed by atoms with Gasteiger partial charge in [0, 0.05) is 27.5 Å². The first kappa shape index (κ1) is 15.1. The molecule has 1 atom stereocenters. The second-order valence-corrected chi connectivity index (χ2v) is 6.26. The lowest BCUT2D eigenvalue weighted by Crippen LogP contribution is -2.17. The molecule has 104 valence electrons. The van der Waals surface area contributed by atoms with Crippen molar-refractivity contribution >= 4 is 27.3 Å². The number of rotatable bonds is 6. The van der Waals surface area contributed by atoms with Gasteiger partial charge in [0.25, 0.3) is 0 Å². The molecular formula is C16H16BrNOS. The van der Waals surface area contributed by atoms with E-state index in [0.717, 1.165) is 22.3 Å². The Labute approximate surface area is 132 Å². The van der Waals surface area contributed by atoms with Crippen LogP contribution in [0.4, 0.5) is 0 Å². The molecular weight excluding hydrogens is 334 g/mol. The highest BCUT2D eigenvalue weighted by atomic mass is 79.9. The molecule has 0 amide bonds. The van der Waals surface area contributed by atoms with E-state index in [1.165, 1.54) is 4.88 Å². The third-order valence-electron chi connectivity index (χ3n) is 2.90. The van der Waals surface area contributed by atoms with Gasteiger partial charge in [-0.3, -0.25) is 0 Å². The van der Waals surface area contributed by atoms with Crippen LogP contribution in [0.2, 0.25) is 0 Å². The summed E-state index contributed by atoms with van der Waals surface area (Å²) < 4.78 is 6.60. The highest BCUT2D eigenvalue weighted by Crippen LogP contribution is 2.25. The molecule has 0 radical (unpaired) electrons. The number of halogens is 1. The number of terminal acetylenes is 1. The summed E-state index contributed by atoms with van der Waals surface area (Å²) in [7, 11) is 0. The van der Waals surface area contributed by atoms with Crippen molar-refractivity contribution in [2.45, 2.75) is 19.5 Å². The normalized spacial score (nSPS) is 11.8. The van der Waals surface area contributed by atoms with Crippen LogP contribution in [0.1, 0.15) is 23.4 Å². The van der Waals surface area contributed by atoms with E-state index in [1.807, 2.05) is 12.1 Å². The lowest BCUT2D eigenvalue weighted by atomic mass is 10.2. The van der Waals surface area contributed by atoms with Gasteiger partial charge in [-0.2, -0.15) is 0 Å². The average molecular weight is 350 g/mol. The van der Waals surface area contributed by atoms with Crippen LogP contribution in [0.3, 0.4) is 0 Å². The fourth-order valence-corrected chi connectivity index (χ4v) is 3.02. The van der Waals surface area contributed by atoms with Gasteiger partial charge in [0.05, 0.1) is 0 Å². The first-order valence-electron chi connectivity index (χ1n) is 6.32. The Balaban J connectivity index is 2.04. The van der Waals surface area contributed by atoms with Crippen LogP contribution >= 0.6 is 27.3 Å². The lowest BCUT2D eigenvalue weighted by Gasteiger charge is -2.15. The topological polar surface area (TPSA) is 21.3 Å². The summed E-state index contributed by atoms with van der Waals surface area (Å²) in [6.45, 7) is 3.18. The summed E-state index contributed by atoms with van der Waals surface area (Å²) in [6, 6.07) is 10.5. The van der Waals surface area contributed by atoms with Crippen molar-refractivity contribution in [3.05, 3.63) is 50.6 Å². The van der Waals surface area contributed by atoms with Crippen LogP contribution in [0.5, 0.6) is 5.75 Å². The Bertz CT molecular complexity index is 589. The van der Waals surface area contributed by atoms with Gasteiger partial charge in [0.2, 0.25) is 0 Å². The van der Waals surface area contributed by atoms with Gasteiger partial charge < -0.3 is 10.1 Å². The average Bonchev–Trinajstić information content (AvgIpc) is 2.98. The van der Waals surface area contributed by atoms with Crippen molar-refractivity contribution in [3.63, 3.8) is 0 Å². The minimum atomic E-state index is 0.287. The molecule has 1 aromatic heterocycles. The van der Waals surface area contributed by atoms with Crippen molar-refractivity contribution in [2.24, 2.45) is 0 Å². The molecule has 0 saturated carbocycles. The van der Waals surface area contributed by atoms with Crippen LogP contribution in [-0.2, 0) is 6.54 Å². The molecule has 0 aliphatic rings. The van der Waals surface area contributed by atoms with Gasteiger partial charge >= 0.3 is 0 Å². The zero-order chi connectivity index (χ0) is 14.4. The second kappa shape index (κ2) is 7.49. The molecule has 1 heterocycles. The monoisotopic (exact) mass is 349 g/mol. The van der Waals surface area contributed by atoms with E-state index >= 15 is 0 Å². The fourth-order valence-electron chi connectivity index (χ4n) is 1.85. The van der Waals surface area contributed by atoms with Crippen LogP contribution in [0.25, 0.3) is 0 Å². The van der Waals surface area contributed by atoms with Gasteiger partial charge in [-0.1, -0.05) is 27.9 Å². The highest BCUT2D eigenvalue weighted by molar-refractivity contribution is 9.10. The number of hydrogen-bond acceptors (Lipinski definition) is 3. The van der Waals surface area contributed by atoms with Gasteiger partial charge in [0.15, 0.2) is 0 Å². The van der Waals surface area contributed by atoms with Crippen molar-refractivity contribution in [1.82, 2.24) is 5.32 Å². The van der Waals surface area contributed by atoms with Crippen LogP contribution in [0.15, 0.2) is 40.2 Å². The Morgan fingerprint density at radius 1 is 1.45 bits per heavy atom. The summed E-state index contributed by atoms with van der Waals surface area (Å²) in [5.74, 6) is 3.32. The first-order valence-corrected chi connectivity index (χ1v) is 7.99. The largest absolute Gasteiger partial charge is 0.481 e. The first-order chi connectivity index (χ1) is 9.70. The molecule has 2 aromatic rings. The molecule has 2 nitrogen and oxygen atoms in total. The van der Waals surface area contributed by atoms with E-state index in [4.69, 9.17) is 11.2 Å². The van der Waals surface area contributed by atoms with Crippen LogP contribution in [0, 0.1) is 12.3 Å². The quantitative estimate of drug-likeness (QED) is 0.781. The highest BCUT2D eigenvalue weighted by Gasteiger charge is 2.09. The molecule has 0 aliphatic carbocycles. The maximum Gasteiger partial charge on any atom is 0.148 e. The number of ether oxygens (including phenoxy) is 1. The molecule has 20 heavy (non-hydrogen) atoms. The number of benzene rings is 1. The summed E-state index contributed by atoms with van der Waals surface area (Å²) in [5, 5.41) is 5.59. The summed E-state index contributed by atoms with van der Waals surface area (Å²) in [5.41, 5.74) is 1.10. The summed E-state index contributed by atoms with van der Waals surface area (Å²) in [6.07, 6.45) is 5.24. The zero-order valence-electron chi connectivity index (χ0n) is 11.2. The minimum absolute atomic E-state index is 0.287. The van der Waals surface area contributed by atoms with E-state index in [2.05, 4.69) is 57.7 Å². The maximum absolute atomic E-state index is 5.57. The van der Waals surface area contributed by atoms with Gasteiger partial charge in [-0.15, -0.1) is 17.8 Å². The van der Waals surface area contributed by atoms with E-state index in [1.54, 1.807) is 11.3 Å². The van der Waals surface area contributed by atoms with Gasteiger partial charge in [-0.05, 0) is 36.6 Å². The maximum atomic E-state index is 5.57. The molecule has 4 heteroatoms. The molecule has 0 unspecified atom stereocenters. The number of thiophene rings is 1. The molecule has 0 bridgehead atoms. The van der Waals surface area contributed by atoms with Crippen molar-refractivity contribution in [1.29, 1.82) is 0 Å². The second-order valence-electron chi connectivity index (χ2n) is 4.36. The number of hydrogen-bond donors (Lipinski definition) is 1. The SMILES string of the molecule is C#CCOc1ccc(Br)cc1CN[C@H](C)c1cccs1. The smallest absolute Gasteiger partial charge is 0.148 e. The predicted molar refractivity (Wildman–Crippen MR) is 88.0 cm³/mol. The van der Waals surface area contributed by atoms with Gasteiger partial charge in [-0.25, -0.2) is 0 Å². The minimum Gasteiger partial charge on any atom is -0.481 e. The van der Waals surface area contributed by atoms with Crippen molar-refractivity contribution < 1.29 is 4.74 Å². The lowest BCUT2D eigenvalue weighted by molar-refractivity contribution is 0.364. The Hall–Kier alpha value is -1.28. The fraction of sp³-hybridized carbons (Fsp3) is 0.250. The summed E-state index contributed by atoms with van der Waals surface area (Å²) >= 11 is 5.25. The van der Waals surface area contributed by atoms with E-state index in [-0.39, 0.29) is 6.61 Å². The molecule has 0 spiro atoms. The third kappa shape index (κ3) is 4.11. The van der Waals surface area contributed by atoms with Crippen molar-refractivity contribution in [3.8, 4) is 18.1 Å². The number of nitrogens with one attached hydrogen (secondary N) is 1. The molecule has 1 aromatic carbocycles. The van der Waals surface area contributed by atoms with E-state index in [9.17, 15) is 0 Å². The summed E-state index contributed by atoms with van der Waals surface area (Å²) in [4.78, 5) is 1.33. The van der Waals surface area contributed by atoms with Crippen molar-refractivity contribution in [2.75, 3.05) is 6.61 Å². The van der Waals surface area contributed by atoms with E-state index < -0.39 is 0 Å². The Morgan fingerprint density at radius 2 is 2.30 bits per heavy atom. The Kier molecular flexibility index (Phi) is 5.66. The van der Waals surface area contributed by atoms with Crippen LogP contribution in [-0.4, -0.2) is 6.61 Å². The molecule has 2 rings (SSSR count). The zero-order valence-corrected chi connectivity index (χ0v) is 13.6. The molecule has 1 N–H and O–H groups in total. The van der Waals surface area contributed by atoms with Gasteiger partial charge in [0.1, 0.15) is 12.4 Å². The Morgan fingerprint density at radius 3 is 3.00 bits per heavy atom.